The fraction of sp³-hybridized carbons (Fsp3) is 0.200. The molecule has 2 atom stereocenters. The van der Waals surface area contributed by atoms with E-state index >= 15 is 0 Å². The predicted octanol–water partition coefficient (Wildman–Crippen LogP) is 5.23. The molecule has 0 unspecified atom stereocenters. The van der Waals surface area contributed by atoms with Crippen LogP contribution < -0.4 is 26.5 Å². The molecular weight excluding hydrogens is 436 g/mol. The third kappa shape index (κ3) is 5.80. The van der Waals surface area contributed by atoms with Gasteiger partial charge < -0.3 is 5.32 Å². The van der Waals surface area contributed by atoms with E-state index in [4.69, 9.17) is 0 Å². The van der Waals surface area contributed by atoms with Crippen LogP contribution in [-0.2, 0) is 0 Å². The minimum absolute atomic E-state index is 0.324. The van der Waals surface area contributed by atoms with Crippen LogP contribution in [-0.4, -0.2) is 24.9 Å². The molecule has 1 heterocycles. The van der Waals surface area contributed by atoms with Crippen molar-refractivity contribution in [3.8, 4) is 0 Å². The van der Waals surface area contributed by atoms with Gasteiger partial charge in [0.05, 0.1) is 0 Å². The van der Waals surface area contributed by atoms with Gasteiger partial charge in [-0.15, -0.1) is 0 Å². The first kappa shape index (κ1) is 22.5. The molecule has 4 aromatic carbocycles. The Morgan fingerprint density at radius 3 is 1.27 bits per heavy atom. The number of hydrogen-bond acceptors (Lipinski definition) is 1. The van der Waals surface area contributed by atoms with Crippen molar-refractivity contribution in [1.82, 2.24) is 5.32 Å². The first-order valence-corrected chi connectivity index (χ1v) is 14.9. The Hall–Kier alpha value is -2.30. The van der Waals surface area contributed by atoms with Crippen molar-refractivity contribution < 1.29 is 0 Å². The zero-order chi connectivity index (χ0) is 22.3. The molecule has 0 aromatic heterocycles. The second-order valence-electron chi connectivity index (χ2n) is 8.77. The summed E-state index contributed by atoms with van der Waals surface area (Å²) in [5.74, 6) is 0.727. The van der Waals surface area contributed by atoms with Crippen LogP contribution in [0.15, 0.2) is 121 Å². The van der Waals surface area contributed by atoms with Crippen molar-refractivity contribution in [3.63, 3.8) is 0 Å². The van der Waals surface area contributed by atoms with E-state index in [9.17, 15) is 0 Å². The van der Waals surface area contributed by atoms with Gasteiger partial charge in [0.25, 0.3) is 0 Å². The van der Waals surface area contributed by atoms with E-state index in [1.807, 2.05) is 0 Å². The molecule has 5 rings (SSSR count). The van der Waals surface area contributed by atoms with Crippen LogP contribution in [0.5, 0.6) is 0 Å². The smallest absolute Gasteiger partial charge is 0.0116 e. The zero-order valence-corrected chi connectivity index (χ0v) is 20.7. The summed E-state index contributed by atoms with van der Waals surface area (Å²) < 4.78 is 0. The first-order chi connectivity index (χ1) is 16.4. The molecule has 1 nitrogen and oxygen atoms in total. The maximum Gasteiger partial charge on any atom is 0.0116 e. The number of nitrogens with one attached hydrogen (secondary N) is 1. The summed E-state index contributed by atoms with van der Waals surface area (Å²) >= 11 is 0. The van der Waals surface area contributed by atoms with Gasteiger partial charge in [-0.1, -0.05) is 121 Å². The summed E-state index contributed by atoms with van der Waals surface area (Å²) in [6.45, 7) is 1.13. The van der Waals surface area contributed by atoms with Gasteiger partial charge in [0, 0.05) is 6.04 Å². The molecule has 1 aliphatic heterocycles. The van der Waals surface area contributed by atoms with Crippen LogP contribution in [0.1, 0.15) is 6.42 Å². The lowest BCUT2D eigenvalue weighted by atomic mass is 10.1. The second-order valence-corrected chi connectivity index (χ2v) is 13.3. The molecule has 1 saturated heterocycles. The highest BCUT2D eigenvalue weighted by Crippen LogP contribution is 2.40. The lowest BCUT2D eigenvalue weighted by Crippen LogP contribution is -2.28. The van der Waals surface area contributed by atoms with Crippen molar-refractivity contribution in [2.45, 2.75) is 12.5 Å². The topological polar surface area (TPSA) is 12.0 Å². The third-order valence-electron chi connectivity index (χ3n) is 6.43. The van der Waals surface area contributed by atoms with E-state index in [-0.39, 0.29) is 15.8 Å². The summed E-state index contributed by atoms with van der Waals surface area (Å²) in [6.07, 6.45) is 3.76. The van der Waals surface area contributed by atoms with Crippen LogP contribution in [0.4, 0.5) is 0 Å². The van der Waals surface area contributed by atoms with Crippen molar-refractivity contribution in [1.29, 1.82) is 0 Å². The number of rotatable bonds is 8. The van der Waals surface area contributed by atoms with E-state index in [0.717, 1.165) is 12.5 Å². The van der Waals surface area contributed by atoms with Crippen LogP contribution in [0.2, 0.25) is 0 Å². The van der Waals surface area contributed by atoms with E-state index < -0.39 is 0 Å². The lowest BCUT2D eigenvalue weighted by Gasteiger charge is -2.24. The van der Waals surface area contributed by atoms with Gasteiger partial charge in [0.2, 0.25) is 0 Å². The van der Waals surface area contributed by atoms with Gasteiger partial charge in [-0.3, -0.25) is 0 Å². The Morgan fingerprint density at radius 2 is 0.879 bits per heavy atom. The Labute approximate surface area is 200 Å². The van der Waals surface area contributed by atoms with Gasteiger partial charge in [0.1, 0.15) is 0 Å². The van der Waals surface area contributed by atoms with Crippen LogP contribution >= 0.6 is 15.8 Å². The largest absolute Gasteiger partial charge is 0.313 e. The highest BCUT2D eigenvalue weighted by atomic mass is 31.1. The Balaban J connectivity index is 1.31. The Kier molecular flexibility index (Phi) is 7.64. The number of hydrogen-bond donors (Lipinski definition) is 1. The van der Waals surface area contributed by atoms with Gasteiger partial charge in [-0.2, -0.15) is 0 Å². The monoisotopic (exact) mass is 467 g/mol. The summed E-state index contributed by atoms with van der Waals surface area (Å²) in [5, 5.41) is 9.88. The maximum absolute atomic E-state index is 3.91. The third-order valence-corrected chi connectivity index (χ3v) is 11.8. The average molecular weight is 468 g/mol. The van der Waals surface area contributed by atoms with E-state index in [2.05, 4.69) is 127 Å². The molecule has 0 spiro atoms. The molecular formula is C30H31NP2. The molecule has 0 saturated carbocycles. The van der Waals surface area contributed by atoms with Crippen LogP contribution in [0, 0.1) is 5.92 Å². The summed E-state index contributed by atoms with van der Waals surface area (Å²) in [4.78, 5) is 0. The molecule has 3 heteroatoms. The van der Waals surface area contributed by atoms with Gasteiger partial charge in [-0.05, 0) is 68.3 Å². The molecule has 166 valence electrons. The first-order valence-electron chi connectivity index (χ1n) is 11.9. The second kappa shape index (κ2) is 11.2. The fourth-order valence-electron chi connectivity index (χ4n) is 4.81. The average Bonchev–Trinajstić information content (AvgIpc) is 3.35. The van der Waals surface area contributed by atoms with Crippen molar-refractivity contribution >= 4 is 37.1 Å². The molecule has 4 aromatic rings. The Morgan fingerprint density at radius 1 is 0.515 bits per heavy atom. The molecule has 0 radical (unpaired) electrons. The number of benzene rings is 4. The Bertz CT molecular complexity index is 933. The summed E-state index contributed by atoms with van der Waals surface area (Å²) in [7, 11) is -0.670. The van der Waals surface area contributed by atoms with E-state index in [1.165, 1.54) is 40.0 Å². The fourth-order valence-corrected chi connectivity index (χ4v) is 9.89. The maximum atomic E-state index is 3.91. The zero-order valence-electron chi connectivity index (χ0n) is 18.9. The molecule has 0 amide bonds. The van der Waals surface area contributed by atoms with Crippen LogP contribution in [0.25, 0.3) is 0 Å². The van der Waals surface area contributed by atoms with Gasteiger partial charge >= 0.3 is 0 Å². The summed E-state index contributed by atoms with van der Waals surface area (Å²) in [5.41, 5.74) is 0. The quantitative estimate of drug-likeness (QED) is 0.350. The van der Waals surface area contributed by atoms with Crippen LogP contribution in [0.3, 0.4) is 0 Å². The standard InChI is InChI=1S/C30H31NP2/c1-5-13-27(14-6-1)32(28-15-7-2-8-16-28)23-25-21-26(31-22-25)24-33(29-17-9-3-10-18-29)30-19-11-4-12-20-30/h1-20,25-26,31H,21-24H2/t25-,26-/m0/s1. The molecule has 1 aliphatic rings. The van der Waals surface area contributed by atoms with Crippen molar-refractivity contribution in [3.05, 3.63) is 121 Å². The van der Waals surface area contributed by atoms with E-state index in [1.54, 1.807) is 0 Å². The minimum atomic E-state index is -0.346. The van der Waals surface area contributed by atoms with Gasteiger partial charge in [-0.25, -0.2) is 0 Å². The van der Waals surface area contributed by atoms with Gasteiger partial charge in [0.15, 0.2) is 0 Å². The van der Waals surface area contributed by atoms with Crippen molar-refractivity contribution in [2.24, 2.45) is 5.92 Å². The molecule has 0 bridgehead atoms. The lowest BCUT2D eigenvalue weighted by molar-refractivity contribution is 0.632. The molecule has 1 fully saturated rings. The minimum Gasteiger partial charge on any atom is -0.313 e. The molecule has 0 aliphatic carbocycles. The SMILES string of the molecule is c1ccc(P(C[C@@H]2CN[C@H](CP(c3ccccc3)c3ccccc3)C2)c2ccccc2)cc1. The normalized spacial score (nSPS) is 18.1. The molecule has 1 N–H and O–H groups in total. The van der Waals surface area contributed by atoms with Crippen molar-refractivity contribution in [2.75, 3.05) is 18.9 Å². The summed E-state index contributed by atoms with van der Waals surface area (Å²) in [6, 6.07) is 45.2. The predicted molar refractivity (Wildman–Crippen MR) is 148 cm³/mol. The highest BCUT2D eigenvalue weighted by Gasteiger charge is 2.30. The molecule has 33 heavy (non-hydrogen) atoms. The van der Waals surface area contributed by atoms with E-state index in [0.29, 0.717) is 6.04 Å². The highest BCUT2D eigenvalue weighted by molar-refractivity contribution is 7.73.